The first-order chi connectivity index (χ1) is 10.5. The molecule has 0 amide bonds. The lowest BCUT2D eigenvalue weighted by Gasteiger charge is -2.13. The first-order valence-corrected chi connectivity index (χ1v) is 6.84. The van der Waals surface area contributed by atoms with Gasteiger partial charge in [0, 0.05) is 18.2 Å². The predicted molar refractivity (Wildman–Crippen MR) is 82.1 cm³/mol. The Morgan fingerprint density at radius 2 is 1.86 bits per heavy atom. The zero-order chi connectivity index (χ0) is 15.9. The lowest BCUT2D eigenvalue weighted by Crippen LogP contribution is -2.29. The van der Waals surface area contributed by atoms with Crippen molar-refractivity contribution in [3.8, 4) is 11.3 Å². The molecule has 0 aliphatic heterocycles. The molecule has 0 saturated heterocycles. The summed E-state index contributed by atoms with van der Waals surface area (Å²) in [6, 6.07) is 9.44. The van der Waals surface area contributed by atoms with Gasteiger partial charge in [-0.2, -0.15) is 0 Å². The van der Waals surface area contributed by atoms with Gasteiger partial charge in [-0.15, -0.1) is 0 Å². The van der Waals surface area contributed by atoms with Gasteiger partial charge in [0.2, 0.25) is 0 Å². The smallest absolute Gasteiger partial charge is 0.269 e. The van der Waals surface area contributed by atoms with Crippen LogP contribution in [0.4, 0.5) is 5.69 Å². The van der Waals surface area contributed by atoms with Crippen molar-refractivity contribution in [3.63, 3.8) is 0 Å². The molecule has 1 aromatic heterocycles. The Kier molecular flexibility index (Phi) is 3.25. The van der Waals surface area contributed by atoms with Gasteiger partial charge in [0.25, 0.3) is 11.2 Å². The summed E-state index contributed by atoms with van der Waals surface area (Å²) in [4.78, 5) is 22.8. The van der Waals surface area contributed by atoms with Crippen molar-refractivity contribution in [2.45, 2.75) is 18.9 Å². The second-order valence-electron chi connectivity index (χ2n) is 5.26. The van der Waals surface area contributed by atoms with E-state index in [9.17, 15) is 14.9 Å². The lowest BCUT2D eigenvalue weighted by atomic mass is 10.1. The van der Waals surface area contributed by atoms with E-state index >= 15 is 0 Å². The van der Waals surface area contributed by atoms with Gasteiger partial charge in [-0.05, 0) is 42.7 Å². The first kappa shape index (κ1) is 14.0. The van der Waals surface area contributed by atoms with Crippen LogP contribution in [0.25, 0.3) is 11.3 Å². The molecule has 0 spiro atoms. The molecule has 1 aliphatic carbocycles. The zero-order valence-corrected chi connectivity index (χ0v) is 11.7. The van der Waals surface area contributed by atoms with Crippen LogP contribution in [0.1, 0.15) is 24.4 Å². The van der Waals surface area contributed by atoms with Gasteiger partial charge >= 0.3 is 0 Å². The molecule has 3 N–H and O–H groups in total. The van der Waals surface area contributed by atoms with Gasteiger partial charge in [0.15, 0.2) is 0 Å². The monoisotopic (exact) mass is 298 g/mol. The molecule has 1 fully saturated rings. The Labute approximate surface area is 125 Å². The van der Waals surface area contributed by atoms with Gasteiger partial charge in [-0.1, -0.05) is 0 Å². The van der Waals surface area contributed by atoms with Crippen molar-refractivity contribution in [1.82, 2.24) is 4.57 Å². The number of hydrogen-bond acceptors (Lipinski definition) is 4. The molecule has 1 aliphatic rings. The van der Waals surface area contributed by atoms with E-state index < -0.39 is 4.92 Å². The second-order valence-corrected chi connectivity index (χ2v) is 5.26. The van der Waals surface area contributed by atoms with Crippen molar-refractivity contribution in [3.05, 3.63) is 62.4 Å². The minimum absolute atomic E-state index is 0.00410. The van der Waals surface area contributed by atoms with Crippen LogP contribution in [-0.2, 0) is 0 Å². The van der Waals surface area contributed by atoms with Gasteiger partial charge in [0.05, 0.1) is 16.2 Å². The molecule has 1 heterocycles. The van der Waals surface area contributed by atoms with Crippen molar-refractivity contribution < 1.29 is 4.92 Å². The van der Waals surface area contributed by atoms with E-state index in [1.165, 1.54) is 18.2 Å². The topological polar surface area (TPSA) is 115 Å². The van der Waals surface area contributed by atoms with E-state index in [2.05, 4.69) is 0 Å². The largest absolute Gasteiger partial charge is 0.384 e. The second kappa shape index (κ2) is 5.10. The number of amidine groups is 1. The van der Waals surface area contributed by atoms with Crippen LogP contribution in [0, 0.1) is 15.5 Å². The quantitative estimate of drug-likeness (QED) is 0.389. The highest BCUT2D eigenvalue weighted by Gasteiger charge is 2.28. The van der Waals surface area contributed by atoms with Crippen LogP contribution in [0.3, 0.4) is 0 Å². The first-order valence-electron chi connectivity index (χ1n) is 6.84. The fourth-order valence-electron chi connectivity index (χ4n) is 2.44. The average Bonchev–Trinajstić information content (AvgIpc) is 3.31. The summed E-state index contributed by atoms with van der Waals surface area (Å²) in [6.07, 6.45) is 1.81. The Balaban J connectivity index is 2.14. The minimum atomic E-state index is -0.462. The number of hydrogen-bond donors (Lipinski definition) is 2. The number of benzene rings is 1. The fourth-order valence-corrected chi connectivity index (χ4v) is 2.44. The number of non-ortho nitro benzene ring substituents is 1. The Bertz CT molecular complexity index is 820. The molecule has 112 valence electrons. The molecule has 0 unspecified atom stereocenters. The Morgan fingerprint density at radius 3 is 2.36 bits per heavy atom. The minimum Gasteiger partial charge on any atom is -0.384 e. The molecule has 0 radical (unpaired) electrons. The fraction of sp³-hybridized carbons (Fsp3) is 0.200. The third-order valence-corrected chi connectivity index (χ3v) is 3.69. The number of nitro groups is 1. The van der Waals surface area contributed by atoms with Crippen molar-refractivity contribution in [1.29, 1.82) is 5.41 Å². The zero-order valence-electron chi connectivity index (χ0n) is 11.7. The molecule has 22 heavy (non-hydrogen) atoms. The van der Waals surface area contributed by atoms with Gasteiger partial charge < -0.3 is 10.3 Å². The number of nitro benzene ring substituents is 1. The van der Waals surface area contributed by atoms with Gasteiger partial charge in [-0.25, -0.2) is 0 Å². The van der Waals surface area contributed by atoms with E-state index in [1.54, 1.807) is 22.8 Å². The van der Waals surface area contributed by atoms with Crippen molar-refractivity contribution >= 4 is 11.5 Å². The summed E-state index contributed by atoms with van der Waals surface area (Å²) in [5.41, 5.74) is 6.75. The molecule has 1 aromatic carbocycles. The molecular formula is C15H14N4O3. The summed E-state index contributed by atoms with van der Waals surface area (Å²) in [5, 5.41) is 18.2. The maximum atomic E-state index is 12.5. The molecule has 7 nitrogen and oxygen atoms in total. The molecule has 2 aromatic rings. The van der Waals surface area contributed by atoms with E-state index in [0.717, 1.165) is 18.4 Å². The number of nitrogens with zero attached hydrogens (tertiary/aromatic N) is 2. The number of rotatable bonds is 4. The van der Waals surface area contributed by atoms with Crippen LogP contribution in [0.15, 0.2) is 41.2 Å². The third kappa shape index (κ3) is 2.37. The van der Waals surface area contributed by atoms with E-state index in [-0.39, 0.29) is 28.7 Å². The highest BCUT2D eigenvalue weighted by Crippen LogP contribution is 2.37. The maximum Gasteiger partial charge on any atom is 0.269 e. The molecule has 3 rings (SSSR count). The molecule has 1 saturated carbocycles. The summed E-state index contributed by atoms with van der Waals surface area (Å²) in [5.74, 6) is -0.255. The van der Waals surface area contributed by atoms with E-state index in [0.29, 0.717) is 5.69 Å². The number of nitrogen functional groups attached to an aromatic ring is 1. The maximum absolute atomic E-state index is 12.5. The standard InChI is InChI=1S/C15H14N4O3/c16-14(17)12-7-8-13(18(15(12)20)10-5-6-10)9-1-3-11(4-2-9)19(21)22/h1-4,7-8,10H,5-6H2,(H3,16,17). The summed E-state index contributed by atoms with van der Waals surface area (Å²) < 4.78 is 1.64. The van der Waals surface area contributed by atoms with Crippen LogP contribution >= 0.6 is 0 Å². The number of nitrogens with two attached hydrogens (primary N) is 1. The highest BCUT2D eigenvalue weighted by atomic mass is 16.6. The molecule has 0 bridgehead atoms. The van der Waals surface area contributed by atoms with Gasteiger partial charge in [-0.3, -0.25) is 20.3 Å². The summed E-state index contributed by atoms with van der Waals surface area (Å²) in [7, 11) is 0. The van der Waals surface area contributed by atoms with Crippen LogP contribution in [-0.4, -0.2) is 15.3 Å². The highest BCUT2D eigenvalue weighted by molar-refractivity contribution is 5.94. The number of pyridine rings is 1. The van der Waals surface area contributed by atoms with Gasteiger partial charge in [0.1, 0.15) is 5.84 Å². The van der Waals surface area contributed by atoms with Crippen LogP contribution in [0.5, 0.6) is 0 Å². The Hall–Kier alpha value is -2.96. The van der Waals surface area contributed by atoms with E-state index in [1.807, 2.05) is 0 Å². The van der Waals surface area contributed by atoms with Crippen molar-refractivity contribution in [2.75, 3.05) is 0 Å². The van der Waals surface area contributed by atoms with Crippen LogP contribution in [0.2, 0.25) is 0 Å². The predicted octanol–water partition coefficient (Wildman–Crippen LogP) is 2.04. The molecule has 0 atom stereocenters. The number of nitrogens with one attached hydrogen (secondary N) is 1. The molecule has 7 heteroatoms. The summed E-state index contributed by atoms with van der Waals surface area (Å²) in [6.45, 7) is 0. The van der Waals surface area contributed by atoms with Crippen molar-refractivity contribution in [2.24, 2.45) is 5.73 Å². The number of aromatic nitrogens is 1. The van der Waals surface area contributed by atoms with E-state index in [4.69, 9.17) is 11.1 Å². The third-order valence-electron chi connectivity index (χ3n) is 3.69. The molecular weight excluding hydrogens is 284 g/mol. The lowest BCUT2D eigenvalue weighted by molar-refractivity contribution is -0.384. The Morgan fingerprint density at radius 1 is 1.23 bits per heavy atom. The van der Waals surface area contributed by atoms with Crippen LogP contribution < -0.4 is 11.3 Å². The normalized spacial score (nSPS) is 13.8. The summed E-state index contributed by atoms with van der Waals surface area (Å²) >= 11 is 0. The average molecular weight is 298 g/mol. The SMILES string of the molecule is N=C(N)c1ccc(-c2ccc([N+](=O)[O-])cc2)n(C2CC2)c1=O.